The fourth-order valence-electron chi connectivity index (χ4n) is 2.50. The average Bonchev–Trinajstić information content (AvgIpc) is 2.73. The third kappa shape index (κ3) is 0.457. The summed E-state index contributed by atoms with van der Waals surface area (Å²) in [6.07, 6.45) is 4.90. The Hall–Kier alpha value is -0.440. The highest BCUT2D eigenvalue weighted by molar-refractivity contribution is 5.36. The molecule has 0 radical (unpaired) electrons. The second kappa shape index (κ2) is 1.26. The predicted octanol–water partition coefficient (Wildman–Crippen LogP) is 1.44. The topological polar surface area (TPSA) is 50.7 Å². The normalized spacial score (nSPS) is 47.1. The van der Waals surface area contributed by atoms with Crippen molar-refractivity contribution in [2.75, 3.05) is 0 Å². The van der Waals surface area contributed by atoms with Crippen LogP contribution in [-0.4, -0.2) is 11.2 Å². The minimum absolute atomic E-state index is 0.0434. The van der Waals surface area contributed by atoms with Crippen molar-refractivity contribution in [1.29, 1.82) is 0 Å². The lowest BCUT2D eigenvalue weighted by Gasteiger charge is -2.43. The maximum atomic E-state index is 6.24. The summed E-state index contributed by atoms with van der Waals surface area (Å²) in [4.78, 5) is 0. The van der Waals surface area contributed by atoms with Crippen LogP contribution in [0.5, 0.6) is 0 Å². The number of nitrogens with two attached hydrogens (primary N) is 1. The van der Waals surface area contributed by atoms with E-state index in [1.807, 2.05) is 0 Å². The molecule has 60 valence electrons. The molecule has 0 aromatic heterocycles. The Labute approximate surface area is 66.1 Å². The second-order valence-electron chi connectivity index (χ2n) is 4.58. The van der Waals surface area contributed by atoms with Gasteiger partial charge in [-0.3, -0.25) is 0 Å². The molecule has 0 aromatic carbocycles. The molecule has 0 amide bonds. The highest BCUT2D eigenvalue weighted by Crippen LogP contribution is 2.70. The van der Waals surface area contributed by atoms with Gasteiger partial charge < -0.3 is 5.73 Å². The van der Waals surface area contributed by atoms with Crippen LogP contribution in [0.3, 0.4) is 0 Å². The van der Waals surface area contributed by atoms with Crippen molar-refractivity contribution in [3.63, 3.8) is 0 Å². The molecule has 2 fully saturated rings. The smallest absolute Gasteiger partial charge is 0.211 e. The zero-order chi connectivity index (χ0) is 7.74. The summed E-state index contributed by atoms with van der Waals surface area (Å²) >= 11 is 0. The van der Waals surface area contributed by atoms with Gasteiger partial charge in [-0.25, -0.2) is 0 Å². The summed E-state index contributed by atoms with van der Waals surface area (Å²) < 4.78 is 0. The molecule has 1 atom stereocenters. The van der Waals surface area contributed by atoms with Crippen molar-refractivity contribution < 1.29 is 0 Å². The summed E-state index contributed by atoms with van der Waals surface area (Å²) in [5, 5.41) is 8.09. The van der Waals surface area contributed by atoms with E-state index in [0.717, 1.165) is 6.42 Å². The van der Waals surface area contributed by atoms with E-state index < -0.39 is 0 Å². The molecule has 1 heterocycles. The van der Waals surface area contributed by atoms with Gasteiger partial charge in [-0.15, -0.1) is 0 Å². The minimum atomic E-state index is -0.0812. The SMILES string of the molecule is CC1(C2(N)CC23N=N3)CCC1. The van der Waals surface area contributed by atoms with Gasteiger partial charge in [0.25, 0.3) is 0 Å². The van der Waals surface area contributed by atoms with Crippen LogP contribution in [0.4, 0.5) is 0 Å². The molecule has 1 unspecified atom stereocenters. The molecular weight excluding hydrogens is 138 g/mol. The molecule has 3 heteroatoms. The van der Waals surface area contributed by atoms with E-state index in [4.69, 9.17) is 5.73 Å². The molecule has 0 saturated heterocycles. The Morgan fingerprint density at radius 3 is 2.18 bits per heavy atom. The van der Waals surface area contributed by atoms with Crippen LogP contribution in [0.2, 0.25) is 0 Å². The van der Waals surface area contributed by atoms with Crippen LogP contribution in [-0.2, 0) is 0 Å². The van der Waals surface area contributed by atoms with E-state index in [0.29, 0.717) is 5.41 Å². The molecule has 11 heavy (non-hydrogen) atoms. The van der Waals surface area contributed by atoms with Gasteiger partial charge in [-0.1, -0.05) is 13.3 Å². The molecule has 2 N–H and O–H groups in total. The monoisotopic (exact) mass is 151 g/mol. The van der Waals surface area contributed by atoms with Crippen molar-refractivity contribution >= 4 is 0 Å². The molecule has 3 nitrogen and oxygen atoms in total. The number of nitrogens with zero attached hydrogens (tertiary/aromatic N) is 2. The first kappa shape index (κ1) is 6.12. The van der Waals surface area contributed by atoms with Gasteiger partial charge in [0.1, 0.15) is 0 Å². The summed E-state index contributed by atoms with van der Waals surface area (Å²) in [6.45, 7) is 2.29. The van der Waals surface area contributed by atoms with Crippen LogP contribution in [0.25, 0.3) is 0 Å². The zero-order valence-electron chi connectivity index (χ0n) is 6.80. The van der Waals surface area contributed by atoms with Crippen LogP contribution < -0.4 is 5.73 Å². The van der Waals surface area contributed by atoms with E-state index in [-0.39, 0.29) is 11.2 Å². The van der Waals surface area contributed by atoms with Gasteiger partial charge in [0, 0.05) is 6.42 Å². The number of rotatable bonds is 1. The number of hydrogen-bond acceptors (Lipinski definition) is 3. The second-order valence-corrected chi connectivity index (χ2v) is 4.58. The third-order valence-electron chi connectivity index (χ3n) is 3.99. The van der Waals surface area contributed by atoms with Crippen molar-refractivity contribution in [3.8, 4) is 0 Å². The Kier molecular flexibility index (Phi) is 0.702. The van der Waals surface area contributed by atoms with E-state index >= 15 is 0 Å². The molecule has 3 rings (SSSR count). The van der Waals surface area contributed by atoms with E-state index in [1.54, 1.807) is 0 Å². The molecule has 1 spiro atoms. The highest BCUT2D eigenvalue weighted by atomic mass is 15.5. The first-order chi connectivity index (χ1) is 5.12. The molecule has 0 aromatic rings. The lowest BCUT2D eigenvalue weighted by Crippen LogP contribution is -2.50. The molecule has 2 aliphatic carbocycles. The molecule has 0 bridgehead atoms. The minimum Gasteiger partial charge on any atom is -0.321 e. The Morgan fingerprint density at radius 1 is 1.27 bits per heavy atom. The van der Waals surface area contributed by atoms with Gasteiger partial charge in [0.2, 0.25) is 5.66 Å². The van der Waals surface area contributed by atoms with E-state index in [9.17, 15) is 0 Å². The van der Waals surface area contributed by atoms with Crippen molar-refractivity contribution in [1.82, 2.24) is 0 Å². The maximum absolute atomic E-state index is 6.24. The number of hydrogen-bond donors (Lipinski definition) is 1. The molecule has 3 aliphatic rings. The van der Waals surface area contributed by atoms with E-state index in [1.165, 1.54) is 19.3 Å². The van der Waals surface area contributed by atoms with Gasteiger partial charge in [-0.05, 0) is 18.3 Å². The highest BCUT2D eigenvalue weighted by Gasteiger charge is 2.80. The predicted molar refractivity (Wildman–Crippen MR) is 41.1 cm³/mol. The largest absolute Gasteiger partial charge is 0.321 e. The quantitative estimate of drug-likeness (QED) is 0.605. The molecule has 1 aliphatic heterocycles. The lowest BCUT2D eigenvalue weighted by molar-refractivity contribution is 0.0984. The fourth-order valence-corrected chi connectivity index (χ4v) is 2.50. The van der Waals surface area contributed by atoms with Gasteiger partial charge in [0.15, 0.2) is 0 Å². The van der Waals surface area contributed by atoms with Crippen molar-refractivity contribution in [2.24, 2.45) is 21.4 Å². The first-order valence-electron chi connectivity index (χ1n) is 4.35. The first-order valence-corrected chi connectivity index (χ1v) is 4.35. The van der Waals surface area contributed by atoms with Gasteiger partial charge >= 0.3 is 0 Å². The Bertz CT molecular complexity index is 248. The van der Waals surface area contributed by atoms with Crippen LogP contribution in [0.15, 0.2) is 10.2 Å². The summed E-state index contributed by atoms with van der Waals surface area (Å²) in [6, 6.07) is 0. The van der Waals surface area contributed by atoms with Gasteiger partial charge in [0.05, 0.1) is 5.54 Å². The molecular formula is C8H13N3. The maximum Gasteiger partial charge on any atom is 0.211 e. The Morgan fingerprint density at radius 2 is 1.91 bits per heavy atom. The Balaban J connectivity index is 1.89. The van der Waals surface area contributed by atoms with Crippen LogP contribution in [0.1, 0.15) is 32.6 Å². The standard InChI is InChI=1S/C8H13N3/c1-6(3-2-4-6)7(9)5-8(7)10-11-8/h2-5,9H2,1H3. The van der Waals surface area contributed by atoms with Gasteiger partial charge in [-0.2, -0.15) is 10.2 Å². The summed E-state index contributed by atoms with van der Waals surface area (Å²) in [5.41, 5.74) is 6.47. The lowest BCUT2D eigenvalue weighted by atomic mass is 9.63. The zero-order valence-corrected chi connectivity index (χ0v) is 6.80. The van der Waals surface area contributed by atoms with Crippen molar-refractivity contribution in [2.45, 2.75) is 43.8 Å². The fraction of sp³-hybridized carbons (Fsp3) is 1.00. The average molecular weight is 151 g/mol. The molecule has 2 saturated carbocycles. The van der Waals surface area contributed by atoms with Crippen LogP contribution >= 0.6 is 0 Å². The third-order valence-corrected chi connectivity index (χ3v) is 3.99. The summed E-state index contributed by atoms with van der Waals surface area (Å²) in [5.74, 6) is 0. The van der Waals surface area contributed by atoms with E-state index in [2.05, 4.69) is 17.2 Å². The summed E-state index contributed by atoms with van der Waals surface area (Å²) in [7, 11) is 0. The van der Waals surface area contributed by atoms with Crippen LogP contribution in [0, 0.1) is 5.41 Å². The van der Waals surface area contributed by atoms with Crippen molar-refractivity contribution in [3.05, 3.63) is 0 Å².